The van der Waals surface area contributed by atoms with Crippen molar-refractivity contribution in [1.29, 1.82) is 5.26 Å². The Morgan fingerprint density at radius 2 is 1.77 bits per heavy atom. The molecule has 1 saturated carbocycles. The summed E-state index contributed by atoms with van der Waals surface area (Å²) in [5, 5.41) is 14.2. The van der Waals surface area contributed by atoms with E-state index in [1.165, 1.54) is 6.42 Å². The molecule has 0 heterocycles. The van der Waals surface area contributed by atoms with Crippen molar-refractivity contribution >= 4 is 11.8 Å². The van der Waals surface area contributed by atoms with E-state index >= 15 is 0 Å². The molecule has 0 aromatic heterocycles. The molecule has 0 aliphatic heterocycles. The zero-order valence-electron chi connectivity index (χ0n) is 17.0. The Morgan fingerprint density at radius 3 is 2.50 bits per heavy atom. The number of nitriles is 1. The summed E-state index contributed by atoms with van der Waals surface area (Å²) >= 11 is 0. The number of benzene rings is 2. The molecule has 30 heavy (non-hydrogen) atoms. The topological polar surface area (TPSA) is 91.2 Å². The maximum atomic E-state index is 12.9. The van der Waals surface area contributed by atoms with Gasteiger partial charge in [0.15, 0.2) is 0 Å². The molecule has 0 spiro atoms. The average Bonchev–Trinajstić information content (AvgIpc) is 2.78. The third-order valence-electron chi connectivity index (χ3n) is 5.33. The van der Waals surface area contributed by atoms with E-state index in [1.54, 1.807) is 24.3 Å². The van der Waals surface area contributed by atoms with Crippen molar-refractivity contribution in [3.05, 3.63) is 60.2 Å². The van der Waals surface area contributed by atoms with Crippen LogP contribution < -0.4 is 15.4 Å². The summed E-state index contributed by atoms with van der Waals surface area (Å²) in [4.78, 5) is 25.4. The number of carbonyl (C=O) groups is 2. The highest BCUT2D eigenvalue weighted by Crippen LogP contribution is 2.28. The van der Waals surface area contributed by atoms with Gasteiger partial charge in [-0.3, -0.25) is 9.59 Å². The first-order valence-electron chi connectivity index (χ1n) is 10.4. The van der Waals surface area contributed by atoms with Crippen LogP contribution in [0.1, 0.15) is 48.9 Å². The second-order valence-electron chi connectivity index (χ2n) is 7.58. The zero-order valence-corrected chi connectivity index (χ0v) is 17.0. The van der Waals surface area contributed by atoms with Crippen LogP contribution in [0.4, 0.5) is 0 Å². The molecule has 0 saturated heterocycles. The normalized spacial score (nSPS) is 14.9. The van der Waals surface area contributed by atoms with Gasteiger partial charge in [-0.2, -0.15) is 5.26 Å². The Hall–Kier alpha value is -3.33. The molecule has 0 radical (unpaired) electrons. The number of hydrogen-bond acceptors (Lipinski definition) is 4. The molecule has 1 fully saturated rings. The summed E-state index contributed by atoms with van der Waals surface area (Å²) < 4.78 is 5.80. The largest absolute Gasteiger partial charge is 0.457 e. The molecule has 0 unspecified atom stereocenters. The monoisotopic (exact) mass is 405 g/mol. The Labute approximate surface area is 177 Å². The highest BCUT2D eigenvalue weighted by atomic mass is 16.5. The molecule has 2 aromatic rings. The van der Waals surface area contributed by atoms with E-state index in [-0.39, 0.29) is 18.4 Å². The smallest absolute Gasteiger partial charge is 0.252 e. The van der Waals surface area contributed by atoms with Gasteiger partial charge in [0.05, 0.1) is 6.07 Å². The van der Waals surface area contributed by atoms with Crippen LogP contribution in [0.25, 0.3) is 0 Å². The average molecular weight is 405 g/mol. The van der Waals surface area contributed by atoms with Crippen LogP contribution in [-0.4, -0.2) is 24.4 Å². The first kappa shape index (κ1) is 21.4. The molecule has 3 rings (SSSR count). The molecule has 1 aliphatic rings. The molecule has 6 nitrogen and oxygen atoms in total. The van der Waals surface area contributed by atoms with Gasteiger partial charge in [0.2, 0.25) is 5.91 Å². The molecule has 156 valence electrons. The minimum atomic E-state index is -0.660. The summed E-state index contributed by atoms with van der Waals surface area (Å²) in [7, 11) is 0. The van der Waals surface area contributed by atoms with E-state index in [0.717, 1.165) is 25.7 Å². The van der Waals surface area contributed by atoms with Gasteiger partial charge in [0.25, 0.3) is 5.91 Å². The van der Waals surface area contributed by atoms with Crippen LogP contribution >= 0.6 is 0 Å². The quantitative estimate of drug-likeness (QED) is 0.644. The Morgan fingerprint density at radius 1 is 1.03 bits per heavy atom. The van der Waals surface area contributed by atoms with Crippen molar-refractivity contribution < 1.29 is 14.3 Å². The number of carbonyl (C=O) groups excluding carboxylic acids is 2. The predicted molar refractivity (Wildman–Crippen MR) is 114 cm³/mol. The summed E-state index contributed by atoms with van der Waals surface area (Å²) in [5.74, 6) is 0.992. The fourth-order valence-electron chi connectivity index (χ4n) is 3.80. The van der Waals surface area contributed by atoms with Crippen LogP contribution in [0.2, 0.25) is 0 Å². The van der Waals surface area contributed by atoms with E-state index in [9.17, 15) is 9.59 Å². The van der Waals surface area contributed by atoms with E-state index in [1.807, 2.05) is 36.4 Å². The van der Waals surface area contributed by atoms with Crippen LogP contribution in [0.3, 0.4) is 0 Å². The number of hydrogen-bond donors (Lipinski definition) is 2. The first-order chi connectivity index (χ1) is 14.7. The van der Waals surface area contributed by atoms with Gasteiger partial charge in [0, 0.05) is 5.56 Å². The summed E-state index contributed by atoms with van der Waals surface area (Å²) in [5.41, 5.74) is 0.421. The molecule has 1 aliphatic carbocycles. The first-order valence-corrected chi connectivity index (χ1v) is 10.4. The second-order valence-corrected chi connectivity index (χ2v) is 7.58. The second kappa shape index (κ2) is 11.0. The number of amides is 2. The van der Waals surface area contributed by atoms with Crippen LogP contribution in [0, 0.1) is 17.2 Å². The minimum Gasteiger partial charge on any atom is -0.457 e. The number of ether oxygens (including phenoxy) is 1. The van der Waals surface area contributed by atoms with Crippen molar-refractivity contribution in [1.82, 2.24) is 10.6 Å². The third kappa shape index (κ3) is 6.35. The maximum Gasteiger partial charge on any atom is 0.252 e. The molecule has 2 N–H and O–H groups in total. The molecular formula is C24H27N3O3. The number of nitrogens with zero attached hydrogens (tertiary/aromatic N) is 1. The standard InChI is InChI=1S/C24H27N3O3/c25-14-15-26-24(29)22(16-18-8-3-1-4-9-18)27-23(28)19-10-7-13-21(17-19)30-20-11-5-2-6-12-20/h2,5-7,10-13,17-18,22H,1,3-4,8-9,15-16H2,(H,26,29)(H,27,28)/t22-/m0/s1. The highest BCUT2D eigenvalue weighted by molar-refractivity contribution is 5.97. The number of rotatable bonds is 8. The van der Waals surface area contributed by atoms with Crippen LogP contribution in [-0.2, 0) is 4.79 Å². The molecule has 2 amide bonds. The maximum absolute atomic E-state index is 12.9. The Bertz CT molecular complexity index is 886. The fraction of sp³-hybridized carbons (Fsp3) is 0.375. The predicted octanol–water partition coefficient (Wildman–Crippen LogP) is 4.19. The lowest BCUT2D eigenvalue weighted by molar-refractivity contribution is -0.123. The molecular weight excluding hydrogens is 378 g/mol. The van der Waals surface area contributed by atoms with Gasteiger partial charge in [-0.1, -0.05) is 56.4 Å². The van der Waals surface area contributed by atoms with Gasteiger partial charge in [0.1, 0.15) is 24.1 Å². The SMILES string of the molecule is N#CCNC(=O)[C@H](CC1CCCCC1)NC(=O)c1cccc(Oc2ccccc2)c1. The molecule has 0 bridgehead atoms. The highest BCUT2D eigenvalue weighted by Gasteiger charge is 2.26. The van der Waals surface area contributed by atoms with Gasteiger partial charge in [-0.25, -0.2) is 0 Å². The lowest BCUT2D eigenvalue weighted by atomic mass is 9.84. The lowest BCUT2D eigenvalue weighted by Crippen LogP contribution is -2.48. The summed E-state index contributed by atoms with van der Waals surface area (Å²) in [6.45, 7) is -0.0731. The van der Waals surface area contributed by atoms with Crippen molar-refractivity contribution in [2.24, 2.45) is 5.92 Å². The van der Waals surface area contributed by atoms with Gasteiger partial charge >= 0.3 is 0 Å². The fourth-order valence-corrected chi connectivity index (χ4v) is 3.80. The number of nitrogens with one attached hydrogen (secondary N) is 2. The van der Waals surface area contributed by atoms with Gasteiger partial charge < -0.3 is 15.4 Å². The summed E-state index contributed by atoms with van der Waals surface area (Å²) in [6.07, 6.45) is 6.26. The Kier molecular flexibility index (Phi) is 7.85. The van der Waals surface area contributed by atoms with Crippen molar-refractivity contribution in [2.75, 3.05) is 6.54 Å². The lowest BCUT2D eigenvalue weighted by Gasteiger charge is -2.26. The van der Waals surface area contributed by atoms with Crippen molar-refractivity contribution in [3.8, 4) is 17.6 Å². The number of para-hydroxylation sites is 1. The molecule has 1 atom stereocenters. The van der Waals surface area contributed by atoms with E-state index in [2.05, 4.69) is 10.6 Å². The van der Waals surface area contributed by atoms with Crippen LogP contribution in [0.15, 0.2) is 54.6 Å². The third-order valence-corrected chi connectivity index (χ3v) is 5.33. The van der Waals surface area contributed by atoms with Crippen molar-refractivity contribution in [3.63, 3.8) is 0 Å². The van der Waals surface area contributed by atoms with Crippen molar-refractivity contribution in [2.45, 2.75) is 44.6 Å². The molecule has 6 heteroatoms. The Balaban J connectivity index is 1.68. The van der Waals surface area contributed by atoms with E-state index in [0.29, 0.717) is 29.4 Å². The van der Waals surface area contributed by atoms with Gasteiger partial charge in [-0.15, -0.1) is 0 Å². The van der Waals surface area contributed by atoms with E-state index in [4.69, 9.17) is 10.00 Å². The molecule has 2 aromatic carbocycles. The summed E-state index contributed by atoms with van der Waals surface area (Å²) in [6, 6.07) is 17.5. The van der Waals surface area contributed by atoms with Crippen LogP contribution in [0.5, 0.6) is 11.5 Å². The van der Waals surface area contributed by atoms with E-state index < -0.39 is 6.04 Å². The van der Waals surface area contributed by atoms with Gasteiger partial charge in [-0.05, 0) is 42.7 Å². The minimum absolute atomic E-state index is 0.0731. The zero-order chi connectivity index (χ0) is 21.2.